The molecule has 1 fully saturated rings. The Morgan fingerprint density at radius 3 is 2.31 bits per heavy atom. The quantitative estimate of drug-likeness (QED) is 0.665. The zero-order chi connectivity index (χ0) is 12.1. The largest absolute Gasteiger partial charge is 0.319 e. The Balaban J connectivity index is 2.23. The van der Waals surface area contributed by atoms with Crippen molar-refractivity contribution in [3.8, 4) is 0 Å². The Kier molecular flexibility index (Phi) is 5.26. The van der Waals surface area contributed by atoms with E-state index in [0.717, 1.165) is 6.54 Å². The summed E-state index contributed by atoms with van der Waals surface area (Å²) in [6.07, 6.45) is 6.82. The molecule has 0 radical (unpaired) electrons. The predicted octanol–water partition coefficient (Wildman–Crippen LogP) is 2.79. The first-order valence-corrected chi connectivity index (χ1v) is 6.89. The monoisotopic (exact) mass is 226 g/mol. The normalized spacial score (nSPS) is 19.5. The molecule has 0 atom stereocenters. The van der Waals surface area contributed by atoms with E-state index in [2.05, 4.69) is 38.5 Å². The highest BCUT2D eigenvalue weighted by Crippen LogP contribution is 2.39. The summed E-state index contributed by atoms with van der Waals surface area (Å²) in [4.78, 5) is 0. The molecule has 0 aromatic carbocycles. The Hall–Kier alpha value is -0.0800. The molecule has 0 unspecified atom stereocenters. The molecule has 0 aromatic rings. The number of hydrogen-bond donors (Lipinski definition) is 2. The van der Waals surface area contributed by atoms with Gasteiger partial charge in [0.25, 0.3) is 0 Å². The average molecular weight is 226 g/mol. The first kappa shape index (κ1) is 14.0. The van der Waals surface area contributed by atoms with Crippen LogP contribution in [0.1, 0.15) is 52.9 Å². The van der Waals surface area contributed by atoms with Gasteiger partial charge in [-0.3, -0.25) is 0 Å². The first-order chi connectivity index (χ1) is 7.54. The molecule has 96 valence electrons. The maximum Gasteiger partial charge on any atom is 0.00202 e. The molecule has 0 heterocycles. The van der Waals surface area contributed by atoms with Crippen LogP contribution in [-0.4, -0.2) is 26.7 Å². The van der Waals surface area contributed by atoms with Crippen molar-refractivity contribution < 1.29 is 0 Å². The van der Waals surface area contributed by atoms with E-state index in [4.69, 9.17) is 0 Å². The van der Waals surface area contributed by atoms with Crippen LogP contribution in [0.4, 0.5) is 0 Å². The summed E-state index contributed by atoms with van der Waals surface area (Å²) in [5.74, 6) is 0. The van der Waals surface area contributed by atoms with Gasteiger partial charge in [0.05, 0.1) is 0 Å². The number of rotatable bonds is 8. The van der Waals surface area contributed by atoms with E-state index >= 15 is 0 Å². The van der Waals surface area contributed by atoms with Crippen molar-refractivity contribution in [2.45, 2.75) is 52.9 Å². The van der Waals surface area contributed by atoms with Crippen molar-refractivity contribution >= 4 is 0 Å². The maximum absolute atomic E-state index is 3.70. The topological polar surface area (TPSA) is 24.1 Å². The molecule has 2 N–H and O–H groups in total. The molecule has 0 amide bonds. The summed E-state index contributed by atoms with van der Waals surface area (Å²) in [5, 5.41) is 7.04. The highest BCUT2D eigenvalue weighted by atomic mass is 14.9. The van der Waals surface area contributed by atoms with E-state index in [1.54, 1.807) is 0 Å². The van der Waals surface area contributed by atoms with Crippen molar-refractivity contribution in [2.75, 3.05) is 26.7 Å². The summed E-state index contributed by atoms with van der Waals surface area (Å²) in [6.45, 7) is 10.5. The fraction of sp³-hybridized carbons (Fsp3) is 1.00. The first-order valence-electron chi connectivity index (χ1n) is 6.89. The summed E-state index contributed by atoms with van der Waals surface area (Å²) < 4.78 is 0. The molecular weight excluding hydrogens is 196 g/mol. The van der Waals surface area contributed by atoms with Crippen molar-refractivity contribution in [2.24, 2.45) is 10.8 Å². The van der Waals surface area contributed by atoms with Crippen LogP contribution in [0.15, 0.2) is 0 Å². The highest BCUT2D eigenvalue weighted by Gasteiger charge is 2.36. The van der Waals surface area contributed by atoms with Crippen molar-refractivity contribution in [3.63, 3.8) is 0 Å². The molecule has 16 heavy (non-hydrogen) atoms. The lowest BCUT2D eigenvalue weighted by molar-refractivity contribution is 0.124. The van der Waals surface area contributed by atoms with Crippen LogP contribution >= 0.6 is 0 Å². The Morgan fingerprint density at radius 1 is 1.19 bits per heavy atom. The van der Waals surface area contributed by atoms with Crippen LogP contribution in [0.5, 0.6) is 0 Å². The smallest absolute Gasteiger partial charge is 0.00202 e. The van der Waals surface area contributed by atoms with Gasteiger partial charge in [0.1, 0.15) is 0 Å². The average Bonchev–Trinajstić information content (AvgIpc) is 2.13. The molecule has 1 aliphatic rings. The van der Waals surface area contributed by atoms with Crippen LogP contribution in [0.3, 0.4) is 0 Å². The third-order valence-electron chi connectivity index (χ3n) is 4.00. The lowest BCUT2D eigenvalue weighted by atomic mass is 9.68. The van der Waals surface area contributed by atoms with E-state index in [1.807, 2.05) is 0 Å². The van der Waals surface area contributed by atoms with Crippen LogP contribution in [0.2, 0.25) is 0 Å². The van der Waals surface area contributed by atoms with Crippen molar-refractivity contribution in [1.29, 1.82) is 0 Å². The van der Waals surface area contributed by atoms with E-state index < -0.39 is 0 Å². The molecule has 1 rings (SSSR count). The van der Waals surface area contributed by atoms with Crippen LogP contribution in [-0.2, 0) is 0 Å². The summed E-state index contributed by atoms with van der Waals surface area (Å²) in [7, 11) is 2.07. The van der Waals surface area contributed by atoms with Gasteiger partial charge in [-0.05, 0) is 37.1 Å². The van der Waals surface area contributed by atoms with E-state index in [9.17, 15) is 0 Å². The molecule has 0 aromatic heterocycles. The van der Waals surface area contributed by atoms with Gasteiger partial charge in [-0.1, -0.05) is 33.6 Å². The molecule has 0 spiro atoms. The predicted molar refractivity (Wildman–Crippen MR) is 71.8 cm³/mol. The van der Waals surface area contributed by atoms with Crippen LogP contribution < -0.4 is 10.6 Å². The van der Waals surface area contributed by atoms with Crippen molar-refractivity contribution in [3.05, 3.63) is 0 Å². The number of hydrogen-bond acceptors (Lipinski definition) is 2. The second-order valence-electron chi connectivity index (χ2n) is 6.40. The fourth-order valence-corrected chi connectivity index (χ4v) is 2.90. The zero-order valence-electron chi connectivity index (χ0n) is 11.7. The number of nitrogens with one attached hydrogen (secondary N) is 2. The van der Waals surface area contributed by atoms with E-state index in [0.29, 0.717) is 10.8 Å². The third-order valence-corrected chi connectivity index (χ3v) is 4.00. The standard InChI is InChI=1S/C14H30N2/c1-5-7-13(2,3)10-16-12-14(11-15-4)8-6-9-14/h15-16H,5-12H2,1-4H3. The van der Waals surface area contributed by atoms with Gasteiger partial charge in [0.15, 0.2) is 0 Å². The molecule has 1 aliphatic carbocycles. The zero-order valence-corrected chi connectivity index (χ0v) is 11.7. The minimum Gasteiger partial charge on any atom is -0.319 e. The third kappa shape index (κ3) is 4.06. The SMILES string of the molecule is CCCC(C)(C)CNCC1(CNC)CCC1. The van der Waals surface area contributed by atoms with Crippen molar-refractivity contribution in [1.82, 2.24) is 10.6 Å². The molecule has 0 aliphatic heterocycles. The van der Waals surface area contributed by atoms with E-state index in [1.165, 1.54) is 45.2 Å². The Morgan fingerprint density at radius 2 is 1.88 bits per heavy atom. The molecule has 2 nitrogen and oxygen atoms in total. The van der Waals surface area contributed by atoms with Gasteiger partial charge in [-0.2, -0.15) is 0 Å². The van der Waals surface area contributed by atoms with Gasteiger partial charge >= 0.3 is 0 Å². The lowest BCUT2D eigenvalue weighted by Gasteiger charge is -2.43. The molecule has 0 bridgehead atoms. The van der Waals surface area contributed by atoms with Gasteiger partial charge < -0.3 is 10.6 Å². The van der Waals surface area contributed by atoms with Gasteiger partial charge in [0, 0.05) is 19.6 Å². The Labute approximate surface area is 102 Å². The van der Waals surface area contributed by atoms with Gasteiger partial charge in [0.2, 0.25) is 0 Å². The summed E-state index contributed by atoms with van der Waals surface area (Å²) >= 11 is 0. The minimum atomic E-state index is 0.458. The second-order valence-corrected chi connectivity index (χ2v) is 6.40. The highest BCUT2D eigenvalue weighted by molar-refractivity contribution is 4.91. The van der Waals surface area contributed by atoms with Crippen LogP contribution in [0.25, 0.3) is 0 Å². The maximum atomic E-state index is 3.70. The van der Waals surface area contributed by atoms with Gasteiger partial charge in [-0.25, -0.2) is 0 Å². The lowest BCUT2D eigenvalue weighted by Crippen LogP contribution is -2.47. The Bertz CT molecular complexity index is 195. The molecule has 1 saturated carbocycles. The second kappa shape index (κ2) is 6.02. The minimum absolute atomic E-state index is 0.458. The van der Waals surface area contributed by atoms with Crippen LogP contribution in [0, 0.1) is 10.8 Å². The van der Waals surface area contributed by atoms with Gasteiger partial charge in [-0.15, -0.1) is 0 Å². The molecule has 0 saturated heterocycles. The summed E-state index contributed by atoms with van der Waals surface area (Å²) in [6, 6.07) is 0. The van der Waals surface area contributed by atoms with E-state index in [-0.39, 0.29) is 0 Å². The fourth-order valence-electron chi connectivity index (χ4n) is 2.90. The molecule has 2 heteroatoms. The summed E-state index contributed by atoms with van der Waals surface area (Å²) in [5.41, 5.74) is 1.02. The molecular formula is C14H30N2.